The van der Waals surface area contributed by atoms with Gasteiger partial charge in [-0.05, 0) is 56.3 Å². The molecule has 0 aromatic rings. The highest BCUT2D eigenvalue weighted by Gasteiger charge is 2.55. The lowest BCUT2D eigenvalue weighted by atomic mass is 9.49. The number of carbonyl (C=O) groups is 3. The zero-order valence-electron chi connectivity index (χ0n) is 14.1. The van der Waals surface area contributed by atoms with Crippen LogP contribution in [0.4, 0.5) is 4.79 Å². The van der Waals surface area contributed by atoms with Gasteiger partial charge in [0.05, 0.1) is 12.0 Å². The van der Waals surface area contributed by atoms with Crippen LogP contribution in [0, 0.1) is 23.2 Å². The summed E-state index contributed by atoms with van der Waals surface area (Å²) in [5.74, 6) is 1.07. The Morgan fingerprint density at radius 1 is 1.04 bits per heavy atom. The summed E-state index contributed by atoms with van der Waals surface area (Å²) in [6.07, 6.45) is 6.43. The van der Waals surface area contributed by atoms with Gasteiger partial charge in [-0.2, -0.15) is 0 Å². The smallest absolute Gasteiger partial charge is 0.321 e. The molecule has 4 rings (SSSR count). The molecule has 4 fully saturated rings. The van der Waals surface area contributed by atoms with E-state index in [0.29, 0.717) is 30.9 Å². The van der Waals surface area contributed by atoms with Crippen molar-refractivity contribution in [3.63, 3.8) is 0 Å². The minimum absolute atomic E-state index is 0.253. The molecule has 0 atom stereocenters. The summed E-state index contributed by atoms with van der Waals surface area (Å²) in [5, 5.41) is 4.62. The van der Waals surface area contributed by atoms with Crippen LogP contribution in [-0.2, 0) is 19.1 Å². The third-order valence-corrected chi connectivity index (χ3v) is 5.65. The third kappa shape index (κ3) is 3.71. The first-order valence-electron chi connectivity index (χ1n) is 8.74. The van der Waals surface area contributed by atoms with E-state index in [9.17, 15) is 14.4 Å². The van der Waals surface area contributed by atoms with Crippen LogP contribution in [-0.4, -0.2) is 44.8 Å². The molecule has 0 radical (unpaired) electrons. The highest BCUT2D eigenvalue weighted by molar-refractivity contribution is 5.95. The van der Waals surface area contributed by atoms with Crippen molar-refractivity contribution in [1.29, 1.82) is 0 Å². The Morgan fingerprint density at radius 3 is 2.17 bits per heavy atom. The van der Waals surface area contributed by atoms with Crippen LogP contribution in [0.25, 0.3) is 0 Å². The van der Waals surface area contributed by atoms with Crippen LogP contribution in [0.15, 0.2) is 0 Å². The summed E-state index contributed by atoms with van der Waals surface area (Å²) < 4.78 is 10.1. The Kier molecular flexibility index (Phi) is 5.08. The lowest BCUT2D eigenvalue weighted by Crippen LogP contribution is -2.51. The van der Waals surface area contributed by atoms with Gasteiger partial charge < -0.3 is 14.8 Å². The summed E-state index contributed by atoms with van der Waals surface area (Å²) in [7, 11) is 1.52. The quantitative estimate of drug-likeness (QED) is 0.561. The van der Waals surface area contributed by atoms with Gasteiger partial charge in [0.25, 0.3) is 5.91 Å². The summed E-state index contributed by atoms with van der Waals surface area (Å²) in [6.45, 7) is 0.267. The van der Waals surface area contributed by atoms with E-state index in [0.717, 1.165) is 19.3 Å². The fraction of sp³-hybridized carbons (Fsp3) is 0.824. The van der Waals surface area contributed by atoms with Crippen LogP contribution < -0.4 is 10.6 Å². The number of ether oxygens (including phenoxy) is 2. The Labute approximate surface area is 141 Å². The van der Waals surface area contributed by atoms with Crippen molar-refractivity contribution < 1.29 is 23.9 Å². The van der Waals surface area contributed by atoms with Gasteiger partial charge in [-0.1, -0.05) is 0 Å². The van der Waals surface area contributed by atoms with Gasteiger partial charge in [0.2, 0.25) is 0 Å². The lowest BCUT2D eigenvalue weighted by Gasteiger charge is -2.55. The number of rotatable bonds is 6. The van der Waals surface area contributed by atoms with Gasteiger partial charge in [0, 0.05) is 13.7 Å². The number of methoxy groups -OCH3 is 1. The largest absolute Gasteiger partial charge is 0.455 e. The molecule has 134 valence electrons. The second-order valence-electron chi connectivity index (χ2n) is 7.57. The molecule has 0 saturated heterocycles. The molecule has 7 nitrogen and oxygen atoms in total. The van der Waals surface area contributed by atoms with Crippen LogP contribution in [0.1, 0.15) is 38.5 Å². The standard InChI is InChI=1S/C17H26N2O5/c1-23-3-2-18-16(22)19-14(20)10-24-15(21)17-7-11-4-12(8-17)6-13(5-11)9-17/h11-13H,2-10H2,1H3,(H2,18,19,20,22). The topological polar surface area (TPSA) is 93.7 Å². The molecule has 4 aliphatic rings. The Morgan fingerprint density at radius 2 is 1.62 bits per heavy atom. The minimum Gasteiger partial charge on any atom is -0.455 e. The molecule has 4 bridgehead atoms. The van der Waals surface area contributed by atoms with E-state index in [-0.39, 0.29) is 11.4 Å². The number of carbonyl (C=O) groups excluding carboxylic acids is 3. The zero-order chi connectivity index (χ0) is 17.2. The number of imide groups is 1. The molecular formula is C17H26N2O5. The first-order chi connectivity index (χ1) is 11.5. The molecule has 2 N–H and O–H groups in total. The lowest BCUT2D eigenvalue weighted by molar-refractivity contribution is -0.173. The van der Waals surface area contributed by atoms with Crippen molar-refractivity contribution in [2.24, 2.45) is 23.2 Å². The maximum Gasteiger partial charge on any atom is 0.321 e. The molecule has 0 aliphatic heterocycles. The first kappa shape index (κ1) is 17.2. The van der Waals surface area contributed by atoms with E-state index in [1.54, 1.807) is 0 Å². The number of hydrogen-bond acceptors (Lipinski definition) is 5. The van der Waals surface area contributed by atoms with E-state index in [1.807, 2.05) is 0 Å². The van der Waals surface area contributed by atoms with E-state index in [1.165, 1.54) is 26.4 Å². The molecule has 4 aliphatic carbocycles. The van der Waals surface area contributed by atoms with Crippen LogP contribution in [0.3, 0.4) is 0 Å². The molecular weight excluding hydrogens is 312 g/mol. The van der Waals surface area contributed by atoms with Crippen molar-refractivity contribution >= 4 is 17.9 Å². The van der Waals surface area contributed by atoms with E-state index in [4.69, 9.17) is 9.47 Å². The Hall–Kier alpha value is -1.63. The fourth-order valence-electron chi connectivity index (χ4n) is 5.12. The fourth-order valence-corrected chi connectivity index (χ4v) is 5.12. The van der Waals surface area contributed by atoms with Gasteiger partial charge in [-0.15, -0.1) is 0 Å². The molecule has 7 heteroatoms. The van der Waals surface area contributed by atoms with Gasteiger partial charge in [-0.25, -0.2) is 4.79 Å². The van der Waals surface area contributed by atoms with E-state index < -0.39 is 18.5 Å². The SMILES string of the molecule is COCCNC(=O)NC(=O)COC(=O)C12CC3CC(CC(C3)C1)C2. The minimum atomic E-state index is -0.608. The molecule has 0 unspecified atom stereocenters. The van der Waals surface area contributed by atoms with Crippen LogP contribution in [0.5, 0.6) is 0 Å². The molecule has 0 spiro atoms. The third-order valence-electron chi connectivity index (χ3n) is 5.65. The summed E-state index contributed by atoms with van der Waals surface area (Å²) in [5.41, 5.74) is -0.379. The molecule has 0 heterocycles. The Bertz CT molecular complexity index is 484. The van der Waals surface area contributed by atoms with Gasteiger partial charge in [0.1, 0.15) is 0 Å². The highest BCUT2D eigenvalue weighted by Crippen LogP contribution is 2.60. The summed E-state index contributed by atoms with van der Waals surface area (Å²) in [4.78, 5) is 35.8. The Balaban J connectivity index is 1.44. The molecule has 0 aromatic carbocycles. The predicted octanol–water partition coefficient (Wildman–Crippen LogP) is 1.22. The number of hydrogen-bond donors (Lipinski definition) is 2. The molecule has 24 heavy (non-hydrogen) atoms. The number of nitrogens with one attached hydrogen (secondary N) is 2. The zero-order valence-corrected chi connectivity index (χ0v) is 14.1. The highest BCUT2D eigenvalue weighted by atomic mass is 16.5. The van der Waals surface area contributed by atoms with E-state index >= 15 is 0 Å². The van der Waals surface area contributed by atoms with Crippen LogP contribution in [0.2, 0.25) is 0 Å². The average molecular weight is 338 g/mol. The van der Waals surface area contributed by atoms with Crippen LogP contribution >= 0.6 is 0 Å². The normalized spacial score (nSPS) is 33.1. The number of urea groups is 1. The second kappa shape index (κ2) is 7.09. The summed E-state index contributed by atoms with van der Waals surface area (Å²) in [6, 6.07) is -0.608. The monoisotopic (exact) mass is 338 g/mol. The molecule has 0 aromatic heterocycles. The first-order valence-corrected chi connectivity index (χ1v) is 8.74. The van der Waals surface area contributed by atoms with Crippen molar-refractivity contribution in [3.05, 3.63) is 0 Å². The van der Waals surface area contributed by atoms with Crippen molar-refractivity contribution in [1.82, 2.24) is 10.6 Å². The number of esters is 1. The van der Waals surface area contributed by atoms with Gasteiger partial charge in [-0.3, -0.25) is 14.9 Å². The predicted molar refractivity (Wildman–Crippen MR) is 85.0 cm³/mol. The maximum atomic E-state index is 12.6. The van der Waals surface area contributed by atoms with Crippen molar-refractivity contribution in [3.8, 4) is 0 Å². The second-order valence-corrected chi connectivity index (χ2v) is 7.57. The molecule has 4 saturated carbocycles. The summed E-state index contributed by atoms with van der Waals surface area (Å²) >= 11 is 0. The van der Waals surface area contributed by atoms with Gasteiger partial charge in [0.15, 0.2) is 6.61 Å². The van der Waals surface area contributed by atoms with E-state index in [2.05, 4.69) is 10.6 Å². The maximum absolute atomic E-state index is 12.6. The number of amides is 3. The van der Waals surface area contributed by atoms with Crippen molar-refractivity contribution in [2.45, 2.75) is 38.5 Å². The average Bonchev–Trinajstić information content (AvgIpc) is 2.51. The van der Waals surface area contributed by atoms with Gasteiger partial charge >= 0.3 is 12.0 Å². The molecule has 3 amide bonds. The van der Waals surface area contributed by atoms with Crippen molar-refractivity contribution in [2.75, 3.05) is 26.9 Å².